The molecule has 2 aromatic carbocycles. The molecule has 31 heavy (non-hydrogen) atoms. The van der Waals surface area contributed by atoms with Gasteiger partial charge in [-0.15, -0.1) is 0 Å². The Morgan fingerprint density at radius 1 is 1.06 bits per heavy atom. The van der Waals surface area contributed by atoms with Gasteiger partial charge in [0.05, 0.1) is 11.1 Å². The van der Waals surface area contributed by atoms with Gasteiger partial charge in [0.2, 0.25) is 15.9 Å². The van der Waals surface area contributed by atoms with Crippen molar-refractivity contribution in [2.45, 2.75) is 37.0 Å². The Hall–Kier alpha value is -2.97. The van der Waals surface area contributed by atoms with Crippen molar-refractivity contribution in [2.24, 2.45) is 0 Å². The van der Waals surface area contributed by atoms with Crippen LogP contribution in [0.5, 0.6) is 0 Å². The van der Waals surface area contributed by atoms with Crippen LogP contribution in [0.2, 0.25) is 0 Å². The van der Waals surface area contributed by atoms with Gasteiger partial charge in [-0.05, 0) is 49.1 Å². The molecule has 1 saturated heterocycles. The van der Waals surface area contributed by atoms with Crippen LogP contribution < -0.4 is 5.32 Å². The molecule has 2 heterocycles. The first-order chi connectivity index (χ1) is 15.0. The molecule has 1 fully saturated rings. The number of rotatable bonds is 7. The average Bonchev–Trinajstić information content (AvgIpc) is 3.34. The zero-order valence-corrected chi connectivity index (χ0v) is 18.0. The SMILES string of the molecule is O=C(CCc1ccc(S(=O)(=O)N2CCCCC2)cc1)Nc1cccc(-c2cnco2)c1. The highest BCUT2D eigenvalue weighted by atomic mass is 32.2. The summed E-state index contributed by atoms with van der Waals surface area (Å²) < 4.78 is 32.3. The van der Waals surface area contributed by atoms with Crippen molar-refractivity contribution in [1.29, 1.82) is 0 Å². The van der Waals surface area contributed by atoms with E-state index < -0.39 is 10.0 Å². The normalized spacial score (nSPS) is 15.0. The first-order valence-corrected chi connectivity index (χ1v) is 11.8. The van der Waals surface area contributed by atoms with Crippen LogP contribution in [-0.2, 0) is 21.2 Å². The highest BCUT2D eigenvalue weighted by Gasteiger charge is 2.25. The number of benzene rings is 2. The molecule has 0 aliphatic carbocycles. The second-order valence-corrected chi connectivity index (χ2v) is 9.54. The van der Waals surface area contributed by atoms with Crippen LogP contribution in [0.3, 0.4) is 0 Å². The molecule has 8 heteroatoms. The number of amides is 1. The zero-order valence-electron chi connectivity index (χ0n) is 17.2. The van der Waals surface area contributed by atoms with Crippen LogP contribution >= 0.6 is 0 Å². The summed E-state index contributed by atoms with van der Waals surface area (Å²) in [5.41, 5.74) is 2.44. The fourth-order valence-electron chi connectivity index (χ4n) is 3.67. The first kappa shape index (κ1) is 21.3. The van der Waals surface area contributed by atoms with Gasteiger partial charge < -0.3 is 9.73 Å². The topological polar surface area (TPSA) is 92.5 Å². The second kappa shape index (κ2) is 9.45. The van der Waals surface area contributed by atoms with Gasteiger partial charge in [-0.1, -0.05) is 30.7 Å². The van der Waals surface area contributed by atoms with E-state index >= 15 is 0 Å². The summed E-state index contributed by atoms with van der Waals surface area (Å²) in [6, 6.07) is 14.2. The molecule has 162 valence electrons. The lowest BCUT2D eigenvalue weighted by atomic mass is 10.1. The summed E-state index contributed by atoms with van der Waals surface area (Å²) >= 11 is 0. The minimum atomic E-state index is -3.43. The van der Waals surface area contributed by atoms with Gasteiger partial charge in [0.1, 0.15) is 0 Å². The molecule has 3 aromatic rings. The maximum atomic E-state index is 12.7. The number of oxazole rings is 1. The summed E-state index contributed by atoms with van der Waals surface area (Å²) in [7, 11) is -3.43. The number of carbonyl (C=O) groups is 1. The molecular weight excluding hydrogens is 414 g/mol. The minimum Gasteiger partial charge on any atom is -0.444 e. The molecule has 0 bridgehead atoms. The van der Waals surface area contributed by atoms with Crippen molar-refractivity contribution in [3.05, 3.63) is 66.7 Å². The third-order valence-corrected chi connectivity index (χ3v) is 7.29. The predicted molar refractivity (Wildman–Crippen MR) is 118 cm³/mol. The van der Waals surface area contributed by atoms with Crippen molar-refractivity contribution in [3.8, 4) is 11.3 Å². The van der Waals surface area contributed by atoms with Crippen LogP contribution in [0.4, 0.5) is 5.69 Å². The maximum Gasteiger partial charge on any atom is 0.243 e. The lowest BCUT2D eigenvalue weighted by molar-refractivity contribution is -0.116. The number of hydrogen-bond acceptors (Lipinski definition) is 5. The van der Waals surface area contributed by atoms with Crippen LogP contribution in [-0.4, -0.2) is 36.7 Å². The first-order valence-electron chi connectivity index (χ1n) is 10.4. The molecule has 0 spiro atoms. The van der Waals surface area contributed by atoms with Gasteiger partial charge in [-0.2, -0.15) is 4.31 Å². The largest absolute Gasteiger partial charge is 0.444 e. The van der Waals surface area contributed by atoms with Crippen LogP contribution in [0.15, 0.2) is 70.4 Å². The summed E-state index contributed by atoms with van der Waals surface area (Å²) in [4.78, 5) is 16.6. The summed E-state index contributed by atoms with van der Waals surface area (Å²) in [6.45, 7) is 1.17. The molecule has 1 aromatic heterocycles. The van der Waals surface area contributed by atoms with Crippen molar-refractivity contribution in [3.63, 3.8) is 0 Å². The van der Waals surface area contributed by atoms with Gasteiger partial charge in [0.15, 0.2) is 12.2 Å². The Morgan fingerprint density at radius 3 is 2.55 bits per heavy atom. The quantitative estimate of drug-likeness (QED) is 0.599. The molecule has 7 nitrogen and oxygen atoms in total. The molecule has 4 rings (SSSR count). The highest BCUT2D eigenvalue weighted by Crippen LogP contribution is 2.23. The van der Waals surface area contributed by atoms with Gasteiger partial charge in [-0.25, -0.2) is 13.4 Å². The number of piperidine rings is 1. The lowest BCUT2D eigenvalue weighted by Gasteiger charge is -2.25. The number of aryl methyl sites for hydroxylation is 1. The number of sulfonamides is 1. The predicted octanol–water partition coefficient (Wildman–Crippen LogP) is 4.09. The van der Waals surface area contributed by atoms with Crippen LogP contribution in [0.1, 0.15) is 31.2 Å². The Morgan fingerprint density at radius 2 is 1.84 bits per heavy atom. The Kier molecular flexibility index (Phi) is 6.48. The van der Waals surface area contributed by atoms with E-state index in [-0.39, 0.29) is 5.91 Å². The fraction of sp³-hybridized carbons (Fsp3) is 0.304. The van der Waals surface area contributed by atoms with Crippen molar-refractivity contribution < 1.29 is 17.6 Å². The number of nitrogens with one attached hydrogen (secondary N) is 1. The Balaban J connectivity index is 1.33. The van der Waals surface area contributed by atoms with E-state index in [0.717, 1.165) is 30.4 Å². The monoisotopic (exact) mass is 439 g/mol. The molecule has 1 aliphatic rings. The molecular formula is C23H25N3O4S. The smallest absolute Gasteiger partial charge is 0.243 e. The van der Waals surface area contributed by atoms with E-state index in [1.54, 1.807) is 34.8 Å². The van der Waals surface area contributed by atoms with E-state index in [1.807, 2.05) is 24.3 Å². The third kappa shape index (κ3) is 5.21. The number of nitrogens with zero attached hydrogens (tertiary/aromatic N) is 2. The second-order valence-electron chi connectivity index (χ2n) is 7.60. The number of aromatic nitrogens is 1. The van der Waals surface area contributed by atoms with E-state index in [0.29, 0.717) is 42.3 Å². The molecule has 0 atom stereocenters. The van der Waals surface area contributed by atoms with Gasteiger partial charge >= 0.3 is 0 Å². The maximum absolute atomic E-state index is 12.7. The van der Waals surface area contributed by atoms with Gasteiger partial charge in [0, 0.05) is 30.8 Å². The van der Waals surface area contributed by atoms with E-state index in [2.05, 4.69) is 10.3 Å². The number of anilines is 1. The molecule has 1 aliphatic heterocycles. The summed E-state index contributed by atoms with van der Waals surface area (Å²) in [5, 5.41) is 2.89. The van der Waals surface area contributed by atoms with Crippen molar-refractivity contribution in [1.82, 2.24) is 9.29 Å². The summed E-state index contributed by atoms with van der Waals surface area (Å²) in [6.07, 6.45) is 6.71. The molecule has 0 radical (unpaired) electrons. The standard InChI is InChI=1S/C23H25N3O4S/c27-23(25-20-6-4-5-19(15-20)22-16-24-17-30-22)12-9-18-7-10-21(11-8-18)31(28,29)26-13-2-1-3-14-26/h4-8,10-11,15-17H,1-3,9,12-14H2,(H,25,27). The lowest BCUT2D eigenvalue weighted by Crippen LogP contribution is -2.35. The Labute approximate surface area is 182 Å². The molecule has 1 amide bonds. The number of hydrogen-bond donors (Lipinski definition) is 1. The van der Waals surface area contributed by atoms with Gasteiger partial charge in [0.25, 0.3) is 0 Å². The van der Waals surface area contributed by atoms with E-state index in [9.17, 15) is 13.2 Å². The number of carbonyl (C=O) groups excluding carboxylic acids is 1. The Bertz CT molecular complexity index is 1120. The van der Waals surface area contributed by atoms with Crippen molar-refractivity contribution >= 4 is 21.6 Å². The van der Waals surface area contributed by atoms with Crippen molar-refractivity contribution in [2.75, 3.05) is 18.4 Å². The van der Waals surface area contributed by atoms with E-state index in [1.165, 1.54) is 6.39 Å². The van der Waals surface area contributed by atoms with Crippen LogP contribution in [0.25, 0.3) is 11.3 Å². The molecule has 1 N–H and O–H groups in total. The van der Waals surface area contributed by atoms with Gasteiger partial charge in [-0.3, -0.25) is 4.79 Å². The average molecular weight is 440 g/mol. The fourth-order valence-corrected chi connectivity index (χ4v) is 5.19. The van der Waals surface area contributed by atoms with Crippen LogP contribution in [0, 0.1) is 0 Å². The molecule has 0 unspecified atom stereocenters. The zero-order chi connectivity index (χ0) is 21.7. The van der Waals surface area contributed by atoms with E-state index in [4.69, 9.17) is 4.42 Å². The summed E-state index contributed by atoms with van der Waals surface area (Å²) in [5.74, 6) is 0.524. The molecule has 0 saturated carbocycles. The third-order valence-electron chi connectivity index (χ3n) is 5.38. The minimum absolute atomic E-state index is 0.111. The highest BCUT2D eigenvalue weighted by molar-refractivity contribution is 7.89.